The third-order valence-electron chi connectivity index (χ3n) is 5.34. The first-order valence-electron chi connectivity index (χ1n) is 9.69. The van der Waals surface area contributed by atoms with Crippen LogP contribution in [0.5, 0.6) is 0 Å². The molecular formula is C22H25NO6. The number of carbonyl (C=O) groups is 3. The Kier molecular flexibility index (Phi) is 5.88. The Labute approximate surface area is 169 Å². The van der Waals surface area contributed by atoms with Gasteiger partial charge in [-0.15, -0.1) is 0 Å². The molecule has 1 aliphatic heterocycles. The molecule has 3 rings (SSSR count). The van der Waals surface area contributed by atoms with Gasteiger partial charge in [0.2, 0.25) is 11.4 Å². The number of hydrogen-bond donors (Lipinski definition) is 1. The van der Waals surface area contributed by atoms with Crippen molar-refractivity contribution >= 4 is 28.6 Å². The molecule has 1 N–H and O–H groups in total. The molecule has 1 amide bonds. The minimum atomic E-state index is -2.10. The predicted octanol–water partition coefficient (Wildman–Crippen LogP) is 2.36. The van der Waals surface area contributed by atoms with Gasteiger partial charge in [0.15, 0.2) is 0 Å². The monoisotopic (exact) mass is 399 g/mol. The zero-order valence-electron chi connectivity index (χ0n) is 16.8. The lowest BCUT2D eigenvalue weighted by Gasteiger charge is -2.38. The highest BCUT2D eigenvalue weighted by molar-refractivity contribution is 6.10. The van der Waals surface area contributed by atoms with Crippen LogP contribution in [0.15, 0.2) is 42.5 Å². The number of amides is 1. The number of nitrogens with zero attached hydrogens (tertiary/aromatic N) is 1. The third-order valence-corrected chi connectivity index (χ3v) is 5.34. The summed E-state index contributed by atoms with van der Waals surface area (Å²) < 4.78 is 10.5. The van der Waals surface area contributed by atoms with E-state index in [1.165, 1.54) is 6.92 Å². The van der Waals surface area contributed by atoms with Crippen LogP contribution in [-0.2, 0) is 23.9 Å². The van der Waals surface area contributed by atoms with Crippen molar-refractivity contribution in [2.45, 2.75) is 44.9 Å². The quantitative estimate of drug-likeness (QED) is 0.613. The molecule has 1 heterocycles. The van der Waals surface area contributed by atoms with Gasteiger partial charge in [-0.2, -0.15) is 0 Å². The molecule has 2 aromatic carbocycles. The highest BCUT2D eigenvalue weighted by Crippen LogP contribution is 2.48. The maximum absolute atomic E-state index is 13.2. The number of rotatable bonds is 5. The number of fused-ring (bicyclic) bond motifs is 1. The summed E-state index contributed by atoms with van der Waals surface area (Å²) in [4.78, 5) is 39.9. The lowest BCUT2D eigenvalue weighted by atomic mass is 9.77. The van der Waals surface area contributed by atoms with Crippen molar-refractivity contribution in [3.8, 4) is 0 Å². The second kappa shape index (κ2) is 8.21. The normalized spacial score (nSPS) is 20.5. The number of benzene rings is 2. The summed E-state index contributed by atoms with van der Waals surface area (Å²) in [6, 6.07) is 13.1. The third kappa shape index (κ3) is 3.25. The van der Waals surface area contributed by atoms with Crippen LogP contribution in [0.25, 0.3) is 10.8 Å². The van der Waals surface area contributed by atoms with Gasteiger partial charge in [-0.3, -0.25) is 9.69 Å². The molecule has 1 fully saturated rings. The van der Waals surface area contributed by atoms with Gasteiger partial charge in [-0.25, -0.2) is 9.59 Å². The minimum Gasteiger partial charge on any atom is -0.464 e. The smallest absolute Gasteiger partial charge is 0.344 e. The van der Waals surface area contributed by atoms with Crippen molar-refractivity contribution in [1.29, 1.82) is 0 Å². The van der Waals surface area contributed by atoms with E-state index in [1.807, 2.05) is 36.4 Å². The second-order valence-corrected chi connectivity index (χ2v) is 6.93. The van der Waals surface area contributed by atoms with Crippen LogP contribution >= 0.6 is 0 Å². The summed E-state index contributed by atoms with van der Waals surface area (Å²) in [6.45, 7) is 4.48. The van der Waals surface area contributed by atoms with E-state index in [-0.39, 0.29) is 19.6 Å². The average molecular weight is 399 g/mol. The van der Waals surface area contributed by atoms with Crippen LogP contribution < -0.4 is 0 Å². The predicted molar refractivity (Wildman–Crippen MR) is 106 cm³/mol. The maximum Gasteiger partial charge on any atom is 0.344 e. The fourth-order valence-corrected chi connectivity index (χ4v) is 4.30. The highest BCUT2D eigenvalue weighted by Gasteiger charge is 2.67. The number of carbonyl (C=O) groups excluding carboxylic acids is 3. The topological polar surface area (TPSA) is 93.1 Å². The van der Waals surface area contributed by atoms with Crippen molar-refractivity contribution in [1.82, 2.24) is 4.90 Å². The molecule has 1 saturated heterocycles. The van der Waals surface area contributed by atoms with Crippen molar-refractivity contribution in [3.63, 3.8) is 0 Å². The van der Waals surface area contributed by atoms with Gasteiger partial charge in [0.05, 0.1) is 13.2 Å². The van der Waals surface area contributed by atoms with E-state index >= 15 is 0 Å². The summed E-state index contributed by atoms with van der Waals surface area (Å²) in [7, 11) is 0. The molecule has 0 bridgehead atoms. The summed E-state index contributed by atoms with van der Waals surface area (Å²) in [5, 5.41) is 12.5. The van der Waals surface area contributed by atoms with E-state index in [2.05, 4.69) is 0 Å². The first-order chi connectivity index (χ1) is 13.9. The number of aliphatic hydroxyl groups excluding tert-OH is 1. The van der Waals surface area contributed by atoms with E-state index < -0.39 is 35.5 Å². The van der Waals surface area contributed by atoms with Crippen molar-refractivity contribution in [3.05, 3.63) is 48.0 Å². The molecular weight excluding hydrogens is 374 g/mol. The van der Waals surface area contributed by atoms with Crippen molar-refractivity contribution in [2.24, 2.45) is 0 Å². The first kappa shape index (κ1) is 20.8. The summed E-state index contributed by atoms with van der Waals surface area (Å²) in [5.41, 5.74) is -1.42. The van der Waals surface area contributed by atoms with E-state index in [1.54, 1.807) is 19.9 Å². The number of ether oxygens (including phenoxy) is 2. The Balaban J connectivity index is 2.31. The molecule has 0 aliphatic carbocycles. The molecule has 0 saturated carbocycles. The van der Waals surface area contributed by atoms with Crippen LogP contribution in [0, 0.1) is 0 Å². The van der Waals surface area contributed by atoms with Gasteiger partial charge >= 0.3 is 11.9 Å². The van der Waals surface area contributed by atoms with E-state index in [0.29, 0.717) is 5.56 Å². The lowest BCUT2D eigenvalue weighted by Crippen LogP contribution is -2.63. The van der Waals surface area contributed by atoms with E-state index in [0.717, 1.165) is 15.7 Å². The number of hydrogen-bond acceptors (Lipinski definition) is 6. The van der Waals surface area contributed by atoms with Gasteiger partial charge in [0, 0.05) is 19.3 Å². The molecule has 0 unspecified atom stereocenters. The fraction of sp³-hybridized carbons (Fsp3) is 0.409. The number of likely N-dealkylation sites (tertiary alicyclic amines) is 1. The largest absolute Gasteiger partial charge is 0.464 e. The Bertz CT molecular complexity index is 917. The van der Waals surface area contributed by atoms with E-state index in [9.17, 15) is 19.5 Å². The Hall–Kier alpha value is -2.93. The van der Waals surface area contributed by atoms with Crippen LogP contribution in [-0.4, -0.2) is 52.8 Å². The molecule has 7 nitrogen and oxygen atoms in total. The summed E-state index contributed by atoms with van der Waals surface area (Å²) >= 11 is 0. The molecule has 154 valence electrons. The van der Waals surface area contributed by atoms with Gasteiger partial charge < -0.3 is 14.6 Å². The molecule has 29 heavy (non-hydrogen) atoms. The van der Waals surface area contributed by atoms with E-state index in [4.69, 9.17) is 9.47 Å². The second-order valence-electron chi connectivity index (χ2n) is 6.93. The van der Waals surface area contributed by atoms with Crippen LogP contribution in [0.2, 0.25) is 0 Å². The standard InChI is InChI=1S/C22H25NO6/c1-4-28-20(26)22(21(27)29-5-2)18(13-19(25)23(22)14(3)24)17-12-8-10-15-9-6-7-11-16(15)17/h6-12,18-19,25H,4-5,13H2,1-3H3/t18-,19+/m0/s1. The van der Waals surface area contributed by atoms with Gasteiger partial charge in [0.1, 0.15) is 6.23 Å². The number of aliphatic hydroxyl groups is 1. The van der Waals surface area contributed by atoms with Crippen molar-refractivity contribution in [2.75, 3.05) is 13.2 Å². The maximum atomic E-state index is 13.2. The van der Waals surface area contributed by atoms with Gasteiger partial charge in [0.25, 0.3) is 0 Å². The first-order valence-corrected chi connectivity index (χ1v) is 9.69. The highest BCUT2D eigenvalue weighted by atomic mass is 16.6. The molecule has 0 spiro atoms. The molecule has 1 aliphatic rings. The van der Waals surface area contributed by atoms with Gasteiger partial charge in [-0.05, 0) is 30.2 Å². The molecule has 7 heteroatoms. The Morgan fingerprint density at radius 1 is 1.03 bits per heavy atom. The zero-order valence-corrected chi connectivity index (χ0v) is 16.8. The summed E-state index contributed by atoms with van der Waals surface area (Å²) in [5.74, 6) is -3.24. The Morgan fingerprint density at radius 2 is 1.62 bits per heavy atom. The SMILES string of the molecule is CCOC(=O)C1(C(=O)OCC)[C@H](c2cccc3ccccc23)C[C@@H](O)N1C(C)=O. The van der Waals surface area contributed by atoms with Crippen LogP contribution in [0.3, 0.4) is 0 Å². The zero-order chi connectivity index (χ0) is 21.2. The van der Waals surface area contributed by atoms with Crippen molar-refractivity contribution < 1.29 is 29.0 Å². The molecule has 2 aromatic rings. The van der Waals surface area contributed by atoms with Gasteiger partial charge in [-0.1, -0.05) is 42.5 Å². The Morgan fingerprint density at radius 3 is 2.21 bits per heavy atom. The molecule has 2 atom stereocenters. The minimum absolute atomic E-state index is 0.00517. The van der Waals surface area contributed by atoms with Crippen LogP contribution in [0.1, 0.15) is 38.7 Å². The molecule has 0 radical (unpaired) electrons. The number of esters is 2. The average Bonchev–Trinajstić information content (AvgIpc) is 3.02. The van der Waals surface area contributed by atoms with Crippen LogP contribution in [0.4, 0.5) is 0 Å². The fourth-order valence-electron chi connectivity index (χ4n) is 4.30. The molecule has 0 aromatic heterocycles. The summed E-state index contributed by atoms with van der Waals surface area (Å²) in [6.07, 6.45) is -1.32. The lowest BCUT2D eigenvalue weighted by molar-refractivity contribution is -0.182.